The van der Waals surface area contributed by atoms with Crippen LogP contribution in [-0.4, -0.2) is 37.2 Å². The van der Waals surface area contributed by atoms with Crippen LogP contribution < -0.4 is 10.2 Å². The lowest BCUT2D eigenvalue weighted by molar-refractivity contribution is 0.102. The van der Waals surface area contributed by atoms with E-state index in [9.17, 15) is 4.79 Å². The fraction of sp³-hybridized carbons (Fsp3) is 0.333. The van der Waals surface area contributed by atoms with E-state index in [1.165, 1.54) is 5.69 Å². The van der Waals surface area contributed by atoms with Crippen molar-refractivity contribution in [1.29, 1.82) is 0 Å². The number of nitrogens with zero attached hydrogens (tertiary/aromatic N) is 2. The zero-order valence-corrected chi connectivity index (χ0v) is 17.3. The SMILES string of the molecule is CCc1nc2ccccc2c(C(=O)Nc2ccc(N3CCOCC3)cc2C)c1C. The topological polar surface area (TPSA) is 54.5 Å². The normalized spacial score (nSPS) is 14.2. The highest BCUT2D eigenvalue weighted by Gasteiger charge is 2.18. The van der Waals surface area contributed by atoms with Gasteiger partial charge in [0.25, 0.3) is 5.91 Å². The fourth-order valence-electron chi connectivity index (χ4n) is 3.99. The number of amides is 1. The number of morpholine rings is 1. The molecule has 0 bridgehead atoms. The van der Waals surface area contributed by atoms with Crippen molar-refractivity contribution in [2.45, 2.75) is 27.2 Å². The Morgan fingerprint density at radius 3 is 2.62 bits per heavy atom. The molecule has 1 aliphatic rings. The van der Waals surface area contributed by atoms with Gasteiger partial charge in [-0.25, -0.2) is 0 Å². The molecule has 0 aliphatic carbocycles. The number of anilines is 2. The van der Waals surface area contributed by atoms with Gasteiger partial charge in [0, 0.05) is 35.5 Å². The molecule has 0 radical (unpaired) electrons. The molecule has 0 spiro atoms. The highest BCUT2D eigenvalue weighted by molar-refractivity contribution is 6.13. The van der Waals surface area contributed by atoms with Crippen molar-refractivity contribution in [2.75, 3.05) is 36.5 Å². The Balaban J connectivity index is 1.65. The van der Waals surface area contributed by atoms with E-state index in [0.717, 1.165) is 66.1 Å². The molecule has 0 atom stereocenters. The highest BCUT2D eigenvalue weighted by atomic mass is 16.5. The van der Waals surface area contributed by atoms with Crippen molar-refractivity contribution in [1.82, 2.24) is 4.98 Å². The van der Waals surface area contributed by atoms with E-state index in [-0.39, 0.29) is 5.91 Å². The average Bonchev–Trinajstić information content (AvgIpc) is 2.75. The molecule has 5 heteroatoms. The third kappa shape index (κ3) is 3.83. The monoisotopic (exact) mass is 389 g/mol. The van der Waals surface area contributed by atoms with E-state index < -0.39 is 0 Å². The van der Waals surface area contributed by atoms with Gasteiger partial charge in [0.15, 0.2) is 0 Å². The lowest BCUT2D eigenvalue weighted by Crippen LogP contribution is -2.36. The van der Waals surface area contributed by atoms with Crippen LogP contribution in [0.1, 0.15) is 34.1 Å². The lowest BCUT2D eigenvalue weighted by atomic mass is 9.99. The Morgan fingerprint density at radius 1 is 1.14 bits per heavy atom. The Bertz CT molecular complexity index is 1060. The first kappa shape index (κ1) is 19.4. The molecule has 0 unspecified atom stereocenters. The quantitative estimate of drug-likeness (QED) is 0.714. The van der Waals surface area contributed by atoms with Crippen molar-refractivity contribution in [3.63, 3.8) is 0 Å². The summed E-state index contributed by atoms with van der Waals surface area (Å²) in [4.78, 5) is 20.3. The number of aryl methyl sites for hydroxylation is 2. The number of para-hydroxylation sites is 1. The number of hydrogen-bond acceptors (Lipinski definition) is 4. The molecule has 29 heavy (non-hydrogen) atoms. The van der Waals surface area contributed by atoms with Gasteiger partial charge in [-0.2, -0.15) is 0 Å². The van der Waals surface area contributed by atoms with E-state index in [0.29, 0.717) is 5.56 Å². The van der Waals surface area contributed by atoms with Crippen LogP contribution in [0.2, 0.25) is 0 Å². The zero-order chi connectivity index (χ0) is 20.4. The van der Waals surface area contributed by atoms with Gasteiger partial charge in [-0.15, -0.1) is 0 Å². The first-order chi connectivity index (χ1) is 14.1. The number of carbonyl (C=O) groups excluding carboxylic acids is 1. The summed E-state index contributed by atoms with van der Waals surface area (Å²) in [5.41, 5.74) is 6.55. The Morgan fingerprint density at radius 2 is 1.90 bits per heavy atom. The number of pyridine rings is 1. The molecule has 1 aromatic heterocycles. The molecule has 150 valence electrons. The van der Waals surface area contributed by atoms with E-state index in [1.807, 2.05) is 44.2 Å². The molecule has 5 nitrogen and oxygen atoms in total. The zero-order valence-electron chi connectivity index (χ0n) is 17.3. The second-order valence-electron chi connectivity index (χ2n) is 7.48. The molecular weight excluding hydrogens is 362 g/mol. The lowest BCUT2D eigenvalue weighted by Gasteiger charge is -2.29. The maximum atomic E-state index is 13.3. The summed E-state index contributed by atoms with van der Waals surface area (Å²) in [7, 11) is 0. The number of hydrogen-bond donors (Lipinski definition) is 1. The van der Waals surface area contributed by atoms with Gasteiger partial charge in [0.05, 0.1) is 24.3 Å². The number of aromatic nitrogens is 1. The minimum Gasteiger partial charge on any atom is -0.378 e. The summed E-state index contributed by atoms with van der Waals surface area (Å²) >= 11 is 0. The largest absolute Gasteiger partial charge is 0.378 e. The maximum Gasteiger partial charge on any atom is 0.256 e. The van der Waals surface area contributed by atoms with Crippen LogP contribution in [0.5, 0.6) is 0 Å². The summed E-state index contributed by atoms with van der Waals surface area (Å²) in [6.45, 7) is 9.40. The van der Waals surface area contributed by atoms with Crippen LogP contribution in [0, 0.1) is 13.8 Å². The van der Waals surface area contributed by atoms with Crippen LogP contribution in [0.3, 0.4) is 0 Å². The Kier molecular flexibility index (Phi) is 5.49. The minimum absolute atomic E-state index is 0.0852. The second-order valence-corrected chi connectivity index (χ2v) is 7.48. The van der Waals surface area contributed by atoms with Gasteiger partial charge < -0.3 is 15.0 Å². The molecular formula is C24H27N3O2. The van der Waals surface area contributed by atoms with Crippen LogP contribution in [-0.2, 0) is 11.2 Å². The number of fused-ring (bicyclic) bond motifs is 1. The molecule has 1 fully saturated rings. The molecule has 1 N–H and O–H groups in total. The van der Waals surface area contributed by atoms with E-state index in [1.54, 1.807) is 0 Å². The van der Waals surface area contributed by atoms with Crippen molar-refractivity contribution in [3.05, 3.63) is 64.8 Å². The van der Waals surface area contributed by atoms with E-state index >= 15 is 0 Å². The molecule has 2 aromatic carbocycles. The van der Waals surface area contributed by atoms with Crippen LogP contribution in [0.25, 0.3) is 10.9 Å². The number of rotatable bonds is 4. The minimum atomic E-state index is -0.0852. The smallest absolute Gasteiger partial charge is 0.256 e. The van der Waals surface area contributed by atoms with Gasteiger partial charge in [-0.3, -0.25) is 9.78 Å². The first-order valence-electron chi connectivity index (χ1n) is 10.2. The summed E-state index contributed by atoms with van der Waals surface area (Å²) in [5.74, 6) is -0.0852. The maximum absolute atomic E-state index is 13.3. The number of ether oxygens (including phenoxy) is 1. The molecule has 4 rings (SSSR count). The highest BCUT2D eigenvalue weighted by Crippen LogP contribution is 2.27. The molecule has 2 heterocycles. The predicted octanol–water partition coefficient (Wildman–Crippen LogP) is 4.50. The van der Waals surface area contributed by atoms with Gasteiger partial charge in [0.2, 0.25) is 0 Å². The molecule has 1 saturated heterocycles. The van der Waals surface area contributed by atoms with Gasteiger partial charge in [-0.1, -0.05) is 25.1 Å². The van der Waals surface area contributed by atoms with Crippen LogP contribution >= 0.6 is 0 Å². The summed E-state index contributed by atoms with van der Waals surface area (Å²) in [5, 5.41) is 4.02. The molecule has 1 amide bonds. The van der Waals surface area contributed by atoms with E-state index in [2.05, 4.69) is 29.3 Å². The third-order valence-corrected chi connectivity index (χ3v) is 5.63. The van der Waals surface area contributed by atoms with Crippen LogP contribution in [0.15, 0.2) is 42.5 Å². The van der Waals surface area contributed by atoms with Gasteiger partial charge in [-0.05, 0) is 55.7 Å². The van der Waals surface area contributed by atoms with Crippen molar-refractivity contribution >= 4 is 28.2 Å². The molecule has 1 aliphatic heterocycles. The number of benzene rings is 2. The second kappa shape index (κ2) is 8.21. The van der Waals surface area contributed by atoms with E-state index in [4.69, 9.17) is 9.72 Å². The predicted molar refractivity (Wildman–Crippen MR) is 118 cm³/mol. The standard InChI is InChI=1S/C24H27N3O2/c1-4-20-17(3)23(19-7-5-6-8-22(19)25-20)24(28)26-21-10-9-18(15-16(21)2)27-11-13-29-14-12-27/h5-10,15H,4,11-14H2,1-3H3,(H,26,28). The summed E-state index contributed by atoms with van der Waals surface area (Å²) < 4.78 is 5.44. The van der Waals surface area contributed by atoms with Crippen LogP contribution in [0.4, 0.5) is 11.4 Å². The van der Waals surface area contributed by atoms with Crippen molar-refractivity contribution in [2.24, 2.45) is 0 Å². The molecule has 3 aromatic rings. The van der Waals surface area contributed by atoms with Crippen molar-refractivity contribution in [3.8, 4) is 0 Å². The third-order valence-electron chi connectivity index (χ3n) is 5.63. The van der Waals surface area contributed by atoms with Crippen molar-refractivity contribution < 1.29 is 9.53 Å². The first-order valence-corrected chi connectivity index (χ1v) is 10.2. The summed E-state index contributed by atoms with van der Waals surface area (Å²) in [6, 6.07) is 14.1. The fourth-order valence-corrected chi connectivity index (χ4v) is 3.99. The Labute approximate surface area is 171 Å². The Hall–Kier alpha value is -2.92. The van der Waals surface area contributed by atoms with Gasteiger partial charge >= 0.3 is 0 Å². The number of carbonyl (C=O) groups is 1. The number of nitrogens with one attached hydrogen (secondary N) is 1. The average molecular weight is 389 g/mol. The molecule has 0 saturated carbocycles. The van der Waals surface area contributed by atoms with Gasteiger partial charge in [0.1, 0.15) is 0 Å². The summed E-state index contributed by atoms with van der Waals surface area (Å²) in [6.07, 6.45) is 0.796.